The predicted molar refractivity (Wildman–Crippen MR) is 57.7 cm³/mol. The van der Waals surface area contributed by atoms with Crippen molar-refractivity contribution in [2.45, 2.75) is 26.2 Å². The molecule has 0 aromatic rings. The van der Waals surface area contributed by atoms with Crippen LogP contribution >= 0.6 is 0 Å². The van der Waals surface area contributed by atoms with Crippen LogP contribution in [0.2, 0.25) is 0 Å². The summed E-state index contributed by atoms with van der Waals surface area (Å²) in [5, 5.41) is 1.87. The molecule has 2 nitrogen and oxygen atoms in total. The van der Waals surface area contributed by atoms with Crippen molar-refractivity contribution in [3.8, 4) is 0 Å². The molecular weight excluding hydrogens is 162 g/mol. The van der Waals surface area contributed by atoms with Gasteiger partial charge in [0, 0.05) is 5.06 Å². The Morgan fingerprint density at radius 2 is 1.77 bits per heavy atom. The molecule has 0 heterocycles. The Morgan fingerprint density at radius 3 is 2.23 bits per heavy atom. The second kappa shape index (κ2) is 9.49. The standard InChI is InChI=1S/C11H21NO/c1-4-7-8-11-13-12(9-5-2)10-6-3/h5-6H,2-4,7-11H2,1H3/q+1. The van der Waals surface area contributed by atoms with E-state index in [1.165, 1.54) is 12.8 Å². The van der Waals surface area contributed by atoms with Gasteiger partial charge < -0.3 is 0 Å². The first-order chi connectivity index (χ1) is 6.35. The molecule has 0 N–H and O–H groups in total. The second-order valence-corrected chi connectivity index (χ2v) is 2.96. The highest BCUT2D eigenvalue weighted by Crippen LogP contribution is 1.96. The highest BCUT2D eigenvalue weighted by molar-refractivity contribution is 4.78. The lowest BCUT2D eigenvalue weighted by molar-refractivity contribution is -0.0577. The lowest BCUT2D eigenvalue weighted by atomic mass is 10.3. The molecule has 1 radical (unpaired) electrons. The van der Waals surface area contributed by atoms with Crippen molar-refractivity contribution < 1.29 is 4.84 Å². The van der Waals surface area contributed by atoms with Crippen LogP contribution in [0.4, 0.5) is 0 Å². The summed E-state index contributed by atoms with van der Waals surface area (Å²) < 4.78 is 0. The van der Waals surface area contributed by atoms with Crippen LogP contribution in [-0.4, -0.2) is 19.7 Å². The van der Waals surface area contributed by atoms with Crippen molar-refractivity contribution in [1.29, 1.82) is 0 Å². The summed E-state index contributed by atoms with van der Waals surface area (Å²) in [6.45, 7) is 11.9. The van der Waals surface area contributed by atoms with Crippen LogP contribution < -0.4 is 5.06 Å². The zero-order valence-electron chi connectivity index (χ0n) is 8.67. The van der Waals surface area contributed by atoms with Crippen molar-refractivity contribution in [3.63, 3.8) is 0 Å². The average molecular weight is 183 g/mol. The van der Waals surface area contributed by atoms with Crippen LogP contribution in [0.15, 0.2) is 25.3 Å². The van der Waals surface area contributed by atoms with Crippen LogP contribution in [0.3, 0.4) is 0 Å². The lowest BCUT2D eigenvalue weighted by Gasteiger charge is -2.05. The molecule has 0 amide bonds. The molecule has 0 aromatic heterocycles. The minimum absolute atomic E-state index is 0.762. The maximum atomic E-state index is 5.52. The van der Waals surface area contributed by atoms with Crippen molar-refractivity contribution in [2.24, 2.45) is 0 Å². The van der Waals surface area contributed by atoms with E-state index in [4.69, 9.17) is 4.84 Å². The highest BCUT2D eigenvalue weighted by Gasteiger charge is 2.11. The van der Waals surface area contributed by atoms with Gasteiger partial charge in [-0.05, 0) is 18.6 Å². The Kier molecular flexibility index (Phi) is 9.05. The van der Waals surface area contributed by atoms with E-state index >= 15 is 0 Å². The van der Waals surface area contributed by atoms with Crippen molar-refractivity contribution in [3.05, 3.63) is 25.3 Å². The summed E-state index contributed by atoms with van der Waals surface area (Å²) in [5.74, 6) is 0. The maximum Gasteiger partial charge on any atom is 0.178 e. The Bertz CT molecular complexity index is 124. The monoisotopic (exact) mass is 183 g/mol. The second-order valence-electron chi connectivity index (χ2n) is 2.96. The molecule has 0 aliphatic carbocycles. The molecule has 75 valence electrons. The molecule has 0 aliphatic heterocycles. The van der Waals surface area contributed by atoms with Crippen molar-refractivity contribution >= 4 is 0 Å². The number of hydrogen-bond acceptors (Lipinski definition) is 2. The van der Waals surface area contributed by atoms with Crippen LogP contribution in [0.25, 0.3) is 0 Å². The molecule has 0 bridgehead atoms. The number of rotatable bonds is 9. The largest absolute Gasteiger partial charge is 0.178 e. The van der Waals surface area contributed by atoms with Gasteiger partial charge in [0.2, 0.25) is 0 Å². The van der Waals surface area contributed by atoms with E-state index in [9.17, 15) is 0 Å². The van der Waals surface area contributed by atoms with Gasteiger partial charge >= 0.3 is 0 Å². The van der Waals surface area contributed by atoms with Gasteiger partial charge in [-0.3, -0.25) is 0 Å². The van der Waals surface area contributed by atoms with Crippen molar-refractivity contribution in [1.82, 2.24) is 5.06 Å². The molecule has 13 heavy (non-hydrogen) atoms. The van der Waals surface area contributed by atoms with E-state index in [1.54, 1.807) is 0 Å². The van der Waals surface area contributed by atoms with Gasteiger partial charge in [0.25, 0.3) is 0 Å². The van der Waals surface area contributed by atoms with Gasteiger partial charge in [-0.1, -0.05) is 32.9 Å². The molecule has 0 unspecified atom stereocenters. The molecule has 0 aromatic carbocycles. The summed E-state index contributed by atoms with van der Waals surface area (Å²) in [6, 6.07) is 0. The molecule has 0 aliphatic rings. The normalized spacial score (nSPS) is 10.3. The van der Waals surface area contributed by atoms with Gasteiger partial charge in [-0.2, -0.15) is 0 Å². The zero-order chi connectivity index (χ0) is 9.94. The number of unbranched alkanes of at least 4 members (excludes halogenated alkanes) is 2. The molecule has 0 saturated heterocycles. The predicted octanol–water partition coefficient (Wildman–Crippen LogP) is 2.62. The van der Waals surface area contributed by atoms with E-state index < -0.39 is 0 Å². The van der Waals surface area contributed by atoms with Gasteiger partial charge in [0.05, 0.1) is 0 Å². The van der Waals surface area contributed by atoms with Crippen LogP contribution in [0.5, 0.6) is 0 Å². The SMILES string of the molecule is C=CC[N+](CC=C)OCCCCC. The quantitative estimate of drug-likeness (QED) is 0.232. The molecular formula is C11H21NO+. The Balaban J connectivity index is 3.43. The van der Waals surface area contributed by atoms with E-state index in [1.807, 2.05) is 17.2 Å². The van der Waals surface area contributed by atoms with Gasteiger partial charge in [-0.25, -0.2) is 0 Å². The van der Waals surface area contributed by atoms with Crippen molar-refractivity contribution in [2.75, 3.05) is 19.7 Å². The molecule has 0 fully saturated rings. The first-order valence-electron chi connectivity index (χ1n) is 4.94. The zero-order valence-corrected chi connectivity index (χ0v) is 8.67. The third kappa shape index (κ3) is 7.75. The van der Waals surface area contributed by atoms with E-state index in [0.717, 1.165) is 26.1 Å². The third-order valence-corrected chi connectivity index (χ3v) is 1.69. The molecule has 0 spiro atoms. The summed E-state index contributed by atoms with van der Waals surface area (Å²) >= 11 is 0. The molecule has 2 heteroatoms. The lowest BCUT2D eigenvalue weighted by Crippen LogP contribution is -2.31. The summed E-state index contributed by atoms with van der Waals surface area (Å²) in [5.41, 5.74) is 0. The number of nitrogens with zero attached hydrogens (tertiary/aromatic N) is 1. The Hall–Kier alpha value is -0.600. The van der Waals surface area contributed by atoms with Crippen LogP contribution in [-0.2, 0) is 4.84 Å². The minimum Gasteiger partial charge on any atom is -0.148 e. The Morgan fingerprint density at radius 1 is 1.15 bits per heavy atom. The first kappa shape index (κ1) is 12.4. The topological polar surface area (TPSA) is 15.1 Å². The summed E-state index contributed by atoms with van der Waals surface area (Å²) in [4.78, 5) is 5.52. The third-order valence-electron chi connectivity index (χ3n) is 1.69. The highest BCUT2D eigenvalue weighted by atomic mass is 16.7. The molecule has 0 atom stereocenters. The smallest absolute Gasteiger partial charge is 0.148 e. The van der Waals surface area contributed by atoms with E-state index in [2.05, 4.69) is 20.1 Å². The van der Waals surface area contributed by atoms with E-state index in [-0.39, 0.29) is 0 Å². The Labute approximate surface area is 81.8 Å². The van der Waals surface area contributed by atoms with Crippen LogP contribution in [0.1, 0.15) is 26.2 Å². The van der Waals surface area contributed by atoms with Gasteiger partial charge in [0.15, 0.2) is 13.1 Å². The maximum absolute atomic E-state index is 5.52. The molecule has 0 saturated carbocycles. The van der Waals surface area contributed by atoms with E-state index in [0.29, 0.717) is 0 Å². The summed E-state index contributed by atoms with van der Waals surface area (Å²) in [7, 11) is 0. The van der Waals surface area contributed by atoms with Gasteiger partial charge in [0.1, 0.15) is 6.61 Å². The number of hydrogen-bond donors (Lipinski definition) is 0. The number of hydroxylamine groups is 2. The minimum atomic E-state index is 0.762. The summed E-state index contributed by atoms with van der Waals surface area (Å²) in [6.07, 6.45) is 7.26. The molecule has 0 rings (SSSR count). The fourth-order valence-electron chi connectivity index (χ4n) is 1.01. The average Bonchev–Trinajstić information content (AvgIpc) is 2.13. The van der Waals surface area contributed by atoms with Gasteiger partial charge in [-0.15, -0.1) is 4.84 Å². The van der Waals surface area contributed by atoms with Crippen LogP contribution in [0, 0.1) is 0 Å². The fraction of sp³-hybridized carbons (Fsp3) is 0.636. The fourth-order valence-corrected chi connectivity index (χ4v) is 1.01. The first-order valence-corrected chi connectivity index (χ1v) is 4.94.